The van der Waals surface area contributed by atoms with E-state index in [1.165, 1.54) is 6.08 Å². The summed E-state index contributed by atoms with van der Waals surface area (Å²) in [5.74, 6) is 0.911. The molecule has 1 N–H and O–H groups in total. The van der Waals surface area contributed by atoms with E-state index < -0.39 is 0 Å². The number of halogens is 2. The van der Waals surface area contributed by atoms with Gasteiger partial charge in [0.05, 0.1) is 41.9 Å². The number of aryl methyl sites for hydroxylation is 1. The van der Waals surface area contributed by atoms with Gasteiger partial charge in [0.25, 0.3) is 0 Å². The van der Waals surface area contributed by atoms with Crippen LogP contribution >= 0.6 is 23.2 Å². The molecule has 0 radical (unpaired) electrons. The van der Waals surface area contributed by atoms with Crippen molar-refractivity contribution in [3.8, 4) is 16.9 Å². The number of amides is 1. The van der Waals surface area contributed by atoms with E-state index in [-0.39, 0.29) is 11.9 Å². The van der Waals surface area contributed by atoms with E-state index in [0.29, 0.717) is 53.6 Å². The molecule has 1 fully saturated rings. The number of nitrogens with one attached hydrogen (secondary N) is 1. The van der Waals surface area contributed by atoms with Crippen LogP contribution in [0, 0.1) is 6.92 Å². The normalized spacial score (nSPS) is 16.4. The number of rotatable bonds is 5. The summed E-state index contributed by atoms with van der Waals surface area (Å²) in [5.41, 5.74) is 3.19. The van der Waals surface area contributed by atoms with Crippen LogP contribution in [0.2, 0.25) is 10.0 Å². The van der Waals surface area contributed by atoms with Crippen molar-refractivity contribution in [1.29, 1.82) is 0 Å². The summed E-state index contributed by atoms with van der Waals surface area (Å²) in [6.45, 7) is 7.42. The van der Waals surface area contributed by atoms with Gasteiger partial charge in [-0.3, -0.25) is 4.79 Å². The van der Waals surface area contributed by atoms with Gasteiger partial charge in [0.1, 0.15) is 5.75 Å². The molecule has 0 spiro atoms. The van der Waals surface area contributed by atoms with E-state index in [4.69, 9.17) is 32.7 Å². The van der Waals surface area contributed by atoms with E-state index >= 15 is 0 Å². The number of fused-ring (bicyclic) bond motifs is 1. The molecule has 3 aromatic rings. The molecule has 7 nitrogen and oxygen atoms in total. The largest absolute Gasteiger partial charge is 0.495 e. The highest BCUT2D eigenvalue weighted by atomic mass is 35.5. The Morgan fingerprint density at radius 2 is 2.15 bits per heavy atom. The van der Waals surface area contributed by atoms with Gasteiger partial charge < -0.3 is 19.7 Å². The number of benzene rings is 2. The zero-order valence-corrected chi connectivity index (χ0v) is 19.9. The zero-order valence-electron chi connectivity index (χ0n) is 18.4. The van der Waals surface area contributed by atoms with E-state index in [1.807, 2.05) is 31.2 Å². The van der Waals surface area contributed by atoms with Crippen molar-refractivity contribution in [2.75, 3.05) is 38.7 Å². The van der Waals surface area contributed by atoms with Gasteiger partial charge in [-0.25, -0.2) is 9.97 Å². The van der Waals surface area contributed by atoms with Gasteiger partial charge in [0.2, 0.25) is 11.9 Å². The minimum Gasteiger partial charge on any atom is -0.495 e. The second-order valence-electron chi connectivity index (χ2n) is 7.77. The van der Waals surface area contributed by atoms with Crippen molar-refractivity contribution in [1.82, 2.24) is 14.9 Å². The molecule has 1 aliphatic rings. The summed E-state index contributed by atoms with van der Waals surface area (Å²) in [4.78, 5) is 22.8. The molecule has 1 amide bonds. The van der Waals surface area contributed by atoms with Gasteiger partial charge in [-0.2, -0.15) is 0 Å². The predicted octanol–water partition coefficient (Wildman–Crippen LogP) is 4.75. The van der Waals surface area contributed by atoms with Crippen LogP contribution in [-0.4, -0.2) is 60.2 Å². The molecule has 1 aromatic heterocycles. The Hall–Kier alpha value is -2.87. The van der Waals surface area contributed by atoms with Gasteiger partial charge in [-0.15, -0.1) is 0 Å². The molecule has 1 saturated heterocycles. The van der Waals surface area contributed by atoms with E-state index in [1.54, 1.807) is 18.2 Å². The number of anilines is 1. The van der Waals surface area contributed by atoms with Gasteiger partial charge in [-0.1, -0.05) is 35.8 Å². The number of aromatic nitrogens is 2. The fourth-order valence-electron chi connectivity index (χ4n) is 3.81. The minimum absolute atomic E-state index is 0.121. The van der Waals surface area contributed by atoms with Crippen molar-refractivity contribution < 1.29 is 14.3 Å². The smallest absolute Gasteiger partial charge is 0.246 e. The van der Waals surface area contributed by atoms with Crippen LogP contribution in [0.3, 0.4) is 0 Å². The molecule has 9 heteroatoms. The molecular weight excluding hydrogens is 463 g/mol. The number of methoxy groups -OCH3 is 1. The Morgan fingerprint density at radius 1 is 1.33 bits per heavy atom. The molecule has 1 unspecified atom stereocenters. The van der Waals surface area contributed by atoms with Crippen molar-refractivity contribution in [2.24, 2.45) is 0 Å². The number of hydrogen-bond donors (Lipinski definition) is 1. The van der Waals surface area contributed by atoms with Gasteiger partial charge >= 0.3 is 0 Å². The molecule has 33 heavy (non-hydrogen) atoms. The van der Waals surface area contributed by atoms with Crippen molar-refractivity contribution in [3.05, 3.63) is 58.7 Å². The Bertz CT molecular complexity index is 1220. The van der Waals surface area contributed by atoms with Crippen molar-refractivity contribution in [3.63, 3.8) is 0 Å². The molecule has 2 heterocycles. The van der Waals surface area contributed by atoms with Gasteiger partial charge in [0.15, 0.2) is 0 Å². The highest BCUT2D eigenvalue weighted by molar-refractivity contribution is 6.40. The number of ether oxygens (including phenoxy) is 2. The SMILES string of the molecule is C=CC(=O)N1CCOCC(Nc2ncc3cc(-c4c(Cl)c(C)cc(OC)c4Cl)ccc3n2)C1. The van der Waals surface area contributed by atoms with Crippen molar-refractivity contribution in [2.45, 2.75) is 13.0 Å². The highest BCUT2D eigenvalue weighted by Crippen LogP contribution is 2.43. The van der Waals surface area contributed by atoms with Crippen molar-refractivity contribution >= 4 is 46.0 Å². The second kappa shape index (κ2) is 9.95. The number of nitrogens with zero attached hydrogens (tertiary/aromatic N) is 3. The Morgan fingerprint density at radius 3 is 2.91 bits per heavy atom. The lowest BCUT2D eigenvalue weighted by atomic mass is 10.0. The molecule has 0 saturated carbocycles. The molecule has 4 rings (SSSR count). The third-order valence-electron chi connectivity index (χ3n) is 5.52. The van der Waals surface area contributed by atoms with Crippen LogP contribution in [0.25, 0.3) is 22.0 Å². The second-order valence-corrected chi connectivity index (χ2v) is 8.53. The maximum Gasteiger partial charge on any atom is 0.246 e. The first-order valence-corrected chi connectivity index (χ1v) is 11.2. The number of carbonyl (C=O) groups excluding carboxylic acids is 1. The molecule has 1 atom stereocenters. The third-order valence-corrected chi connectivity index (χ3v) is 6.38. The standard InChI is InChI=1S/C24H24Cl2N4O3/c1-4-20(31)30-7-8-33-13-17(12-30)28-24-27-11-16-10-15(5-6-18(16)29-24)21-22(25)14(2)9-19(32-3)23(21)26/h4-6,9-11,17H,1,7-8,12-13H2,2-3H3,(H,27,28,29). The topological polar surface area (TPSA) is 76.6 Å². The maximum absolute atomic E-state index is 12.0. The van der Waals surface area contributed by atoms with Crippen LogP contribution in [0.5, 0.6) is 5.75 Å². The van der Waals surface area contributed by atoms with Gasteiger partial charge in [-0.05, 0) is 42.3 Å². The zero-order chi connectivity index (χ0) is 23.5. The Balaban J connectivity index is 1.61. The summed E-state index contributed by atoms with van der Waals surface area (Å²) in [7, 11) is 1.58. The summed E-state index contributed by atoms with van der Waals surface area (Å²) in [6.07, 6.45) is 3.06. The third kappa shape index (κ3) is 4.90. The molecule has 2 aromatic carbocycles. The number of carbonyl (C=O) groups is 1. The molecule has 172 valence electrons. The monoisotopic (exact) mass is 486 g/mol. The average molecular weight is 487 g/mol. The lowest BCUT2D eigenvalue weighted by Crippen LogP contribution is -2.40. The molecular formula is C24H24Cl2N4O3. The van der Waals surface area contributed by atoms with Crippen LogP contribution in [-0.2, 0) is 9.53 Å². The van der Waals surface area contributed by atoms with E-state index in [0.717, 1.165) is 22.0 Å². The summed E-state index contributed by atoms with van der Waals surface area (Å²) in [6, 6.07) is 7.45. The highest BCUT2D eigenvalue weighted by Gasteiger charge is 2.22. The van der Waals surface area contributed by atoms with E-state index in [9.17, 15) is 4.79 Å². The first kappa shape index (κ1) is 23.3. The van der Waals surface area contributed by atoms with Crippen LogP contribution in [0.1, 0.15) is 5.56 Å². The van der Waals surface area contributed by atoms with E-state index in [2.05, 4.69) is 21.9 Å². The molecule has 1 aliphatic heterocycles. The molecule has 0 bridgehead atoms. The first-order valence-electron chi connectivity index (χ1n) is 10.5. The summed E-state index contributed by atoms with van der Waals surface area (Å²) in [5, 5.41) is 5.15. The minimum atomic E-state index is -0.134. The fraction of sp³-hybridized carbons (Fsp3) is 0.292. The lowest BCUT2D eigenvalue weighted by Gasteiger charge is -2.23. The first-order chi connectivity index (χ1) is 15.9. The van der Waals surface area contributed by atoms with Crippen LogP contribution in [0.15, 0.2) is 43.1 Å². The summed E-state index contributed by atoms with van der Waals surface area (Å²) >= 11 is 13.1. The average Bonchev–Trinajstić information content (AvgIpc) is 3.06. The van der Waals surface area contributed by atoms with Gasteiger partial charge in [0, 0.05) is 30.2 Å². The molecule has 0 aliphatic carbocycles. The van der Waals surface area contributed by atoms with Crippen LogP contribution in [0.4, 0.5) is 5.95 Å². The quantitative estimate of drug-likeness (QED) is 0.524. The maximum atomic E-state index is 12.0. The Labute approximate surface area is 202 Å². The predicted molar refractivity (Wildman–Crippen MR) is 131 cm³/mol. The van der Waals surface area contributed by atoms with Crippen LogP contribution < -0.4 is 10.1 Å². The summed E-state index contributed by atoms with van der Waals surface area (Å²) < 4.78 is 11.0. The lowest BCUT2D eigenvalue weighted by molar-refractivity contribution is -0.126. The number of hydrogen-bond acceptors (Lipinski definition) is 6. The Kier molecular flexibility index (Phi) is 7.02. The fourth-order valence-corrected chi connectivity index (χ4v) is 4.45.